The van der Waals surface area contributed by atoms with E-state index < -0.39 is 11.9 Å². The molecule has 0 saturated heterocycles. The number of carbonyl (C=O) groups is 2. The number of carbonyl (C=O) groups excluding carboxylic acids is 2. The van der Waals surface area contributed by atoms with E-state index in [2.05, 4.69) is 5.32 Å². The van der Waals surface area contributed by atoms with Gasteiger partial charge in [-0.25, -0.2) is 4.79 Å². The number of hydrogen-bond donors (Lipinski definition) is 1. The molecule has 6 nitrogen and oxygen atoms in total. The first-order valence-corrected chi connectivity index (χ1v) is 8.00. The lowest BCUT2D eigenvalue weighted by molar-refractivity contribution is -0.137. The fraction of sp³-hybridized carbons (Fsp3) is 0.222. The molecule has 7 heteroatoms. The van der Waals surface area contributed by atoms with Crippen molar-refractivity contribution in [1.82, 2.24) is 5.32 Å². The van der Waals surface area contributed by atoms with Crippen LogP contribution < -0.4 is 10.1 Å². The predicted octanol–water partition coefficient (Wildman–Crippen LogP) is 3.71. The Kier molecular flexibility index (Phi) is 6.65. The molecule has 2 aromatic rings. The van der Waals surface area contributed by atoms with E-state index >= 15 is 0 Å². The van der Waals surface area contributed by atoms with Crippen LogP contribution in [0.15, 0.2) is 52.6 Å². The average Bonchev–Trinajstić information content (AvgIpc) is 3.03. The zero-order valence-corrected chi connectivity index (χ0v) is 14.6. The lowest BCUT2D eigenvalue weighted by Gasteiger charge is -2.06. The monoisotopic (exact) mass is 363 g/mol. The van der Waals surface area contributed by atoms with Crippen molar-refractivity contribution in [3.8, 4) is 5.75 Å². The topological polar surface area (TPSA) is 77.8 Å². The second kappa shape index (κ2) is 8.94. The Morgan fingerprint density at radius 1 is 1.24 bits per heavy atom. The molecule has 1 heterocycles. The van der Waals surface area contributed by atoms with Crippen LogP contribution in [-0.4, -0.2) is 18.5 Å². The molecule has 132 valence electrons. The van der Waals surface area contributed by atoms with E-state index in [1.807, 2.05) is 0 Å². The Morgan fingerprint density at radius 3 is 2.72 bits per heavy atom. The van der Waals surface area contributed by atoms with Crippen LogP contribution in [0.2, 0.25) is 5.02 Å². The number of allylic oxidation sites excluding steroid dienone is 1. The highest BCUT2D eigenvalue weighted by atomic mass is 35.5. The van der Waals surface area contributed by atoms with E-state index in [4.69, 9.17) is 25.5 Å². The van der Waals surface area contributed by atoms with Crippen molar-refractivity contribution in [2.24, 2.45) is 0 Å². The number of benzene rings is 1. The van der Waals surface area contributed by atoms with Gasteiger partial charge in [0.15, 0.2) is 5.76 Å². The molecule has 0 aliphatic heterocycles. The number of ether oxygens (including phenoxy) is 2. The van der Waals surface area contributed by atoms with Gasteiger partial charge in [0.2, 0.25) is 0 Å². The van der Waals surface area contributed by atoms with Crippen LogP contribution in [0.25, 0.3) is 0 Å². The summed E-state index contributed by atoms with van der Waals surface area (Å²) < 4.78 is 15.8. The minimum absolute atomic E-state index is 0.106. The number of halogens is 1. The lowest BCUT2D eigenvalue weighted by atomic mass is 10.3. The summed E-state index contributed by atoms with van der Waals surface area (Å²) >= 11 is 6.00. The molecule has 0 spiro atoms. The van der Waals surface area contributed by atoms with Gasteiger partial charge in [0, 0.05) is 11.8 Å². The minimum atomic E-state index is -0.520. The minimum Gasteiger partial charge on any atom is -0.484 e. The largest absolute Gasteiger partial charge is 0.484 e. The molecule has 0 saturated carbocycles. The van der Waals surface area contributed by atoms with Crippen molar-refractivity contribution in [3.05, 3.63) is 64.7 Å². The van der Waals surface area contributed by atoms with Crippen LogP contribution in [-0.2, 0) is 16.1 Å². The molecule has 1 amide bonds. The normalized spacial score (nSPS) is 11.1. The summed E-state index contributed by atoms with van der Waals surface area (Å²) in [5, 5.41) is 3.04. The standard InChI is InChI=1S/C18H18ClNO5/c1-3-23-17(21)10-12(2)20-18(22)16-9-8-13(25-16)11-24-15-7-5-4-6-14(15)19/h4-10H,3,11H2,1-2H3,(H,20,22)/b12-10+. The quantitative estimate of drug-likeness (QED) is 0.599. The van der Waals surface area contributed by atoms with Crippen molar-refractivity contribution in [2.75, 3.05) is 6.61 Å². The molecule has 2 rings (SSSR count). The molecule has 0 unspecified atom stereocenters. The maximum absolute atomic E-state index is 12.1. The zero-order chi connectivity index (χ0) is 18.2. The summed E-state index contributed by atoms with van der Waals surface area (Å²) in [6.45, 7) is 3.69. The lowest BCUT2D eigenvalue weighted by Crippen LogP contribution is -2.21. The number of para-hydroxylation sites is 1. The first-order chi connectivity index (χ1) is 12.0. The summed E-state index contributed by atoms with van der Waals surface area (Å²) in [4.78, 5) is 23.4. The van der Waals surface area contributed by atoms with Crippen molar-refractivity contribution >= 4 is 23.5 Å². The van der Waals surface area contributed by atoms with Crippen LogP contribution in [0.4, 0.5) is 0 Å². The molecule has 1 aromatic heterocycles. The summed E-state index contributed by atoms with van der Waals surface area (Å²) in [5.74, 6) is 0.113. The number of amides is 1. The Bertz CT molecular complexity index is 781. The first kappa shape index (κ1) is 18.6. The van der Waals surface area contributed by atoms with Crippen LogP contribution >= 0.6 is 11.6 Å². The van der Waals surface area contributed by atoms with Crippen LogP contribution in [0.5, 0.6) is 5.75 Å². The molecule has 0 fully saturated rings. The average molecular weight is 364 g/mol. The third kappa shape index (κ3) is 5.69. The fourth-order valence-corrected chi connectivity index (χ4v) is 2.12. The van der Waals surface area contributed by atoms with Crippen LogP contribution in [0.1, 0.15) is 30.2 Å². The highest BCUT2D eigenvalue weighted by Gasteiger charge is 2.13. The van der Waals surface area contributed by atoms with Crippen molar-refractivity contribution < 1.29 is 23.5 Å². The third-order valence-electron chi connectivity index (χ3n) is 3.02. The van der Waals surface area contributed by atoms with Gasteiger partial charge >= 0.3 is 5.97 Å². The van der Waals surface area contributed by atoms with Gasteiger partial charge in [-0.15, -0.1) is 0 Å². The number of furan rings is 1. The van der Waals surface area contributed by atoms with Gasteiger partial charge in [0.1, 0.15) is 18.1 Å². The molecule has 0 aliphatic carbocycles. The molecule has 1 N–H and O–H groups in total. The van der Waals surface area contributed by atoms with Gasteiger partial charge < -0.3 is 19.2 Å². The van der Waals surface area contributed by atoms with Gasteiger partial charge in [0.25, 0.3) is 5.91 Å². The molecule has 0 atom stereocenters. The van der Waals surface area contributed by atoms with E-state index in [1.54, 1.807) is 44.2 Å². The Morgan fingerprint density at radius 2 is 2.00 bits per heavy atom. The SMILES string of the molecule is CCOC(=O)/C=C(\C)NC(=O)c1ccc(COc2ccccc2Cl)o1. The second-order valence-corrected chi connectivity index (χ2v) is 5.43. The molecular weight excluding hydrogens is 346 g/mol. The summed E-state index contributed by atoms with van der Waals surface area (Å²) in [6.07, 6.45) is 1.20. The number of nitrogens with one attached hydrogen (secondary N) is 1. The summed E-state index contributed by atoms with van der Waals surface area (Å²) in [6, 6.07) is 10.2. The van der Waals surface area contributed by atoms with E-state index in [1.165, 1.54) is 12.1 Å². The van der Waals surface area contributed by atoms with Crippen LogP contribution in [0, 0.1) is 0 Å². The van der Waals surface area contributed by atoms with Gasteiger partial charge in [-0.2, -0.15) is 0 Å². The summed E-state index contributed by atoms with van der Waals surface area (Å²) in [7, 11) is 0. The van der Waals surface area contributed by atoms with E-state index in [0.717, 1.165) is 0 Å². The number of rotatable bonds is 7. The van der Waals surface area contributed by atoms with E-state index in [-0.39, 0.29) is 19.0 Å². The molecule has 0 aliphatic rings. The highest BCUT2D eigenvalue weighted by molar-refractivity contribution is 6.32. The highest BCUT2D eigenvalue weighted by Crippen LogP contribution is 2.24. The van der Waals surface area contributed by atoms with Gasteiger partial charge in [-0.05, 0) is 38.1 Å². The smallest absolute Gasteiger partial charge is 0.332 e. The Labute approximate surface area is 150 Å². The molecule has 1 aromatic carbocycles. The van der Waals surface area contributed by atoms with E-state index in [9.17, 15) is 9.59 Å². The molecular formula is C18H18ClNO5. The van der Waals surface area contributed by atoms with Crippen molar-refractivity contribution in [2.45, 2.75) is 20.5 Å². The van der Waals surface area contributed by atoms with Gasteiger partial charge in [-0.1, -0.05) is 23.7 Å². The van der Waals surface area contributed by atoms with E-state index in [0.29, 0.717) is 22.2 Å². The van der Waals surface area contributed by atoms with Gasteiger partial charge in [0.05, 0.1) is 11.6 Å². The summed E-state index contributed by atoms with van der Waals surface area (Å²) in [5.41, 5.74) is 0.355. The zero-order valence-electron chi connectivity index (χ0n) is 13.9. The maximum atomic E-state index is 12.1. The fourth-order valence-electron chi connectivity index (χ4n) is 1.93. The Balaban J connectivity index is 1.93. The molecule has 25 heavy (non-hydrogen) atoms. The van der Waals surface area contributed by atoms with Gasteiger partial charge in [-0.3, -0.25) is 4.79 Å². The Hall–Kier alpha value is -2.73. The molecule has 0 radical (unpaired) electrons. The third-order valence-corrected chi connectivity index (χ3v) is 3.34. The first-order valence-electron chi connectivity index (χ1n) is 7.62. The second-order valence-electron chi connectivity index (χ2n) is 5.02. The predicted molar refractivity (Wildman–Crippen MR) is 92.3 cm³/mol. The van der Waals surface area contributed by atoms with Crippen molar-refractivity contribution in [3.63, 3.8) is 0 Å². The number of hydrogen-bond acceptors (Lipinski definition) is 5. The maximum Gasteiger partial charge on any atom is 0.332 e. The molecule has 0 bridgehead atoms. The van der Waals surface area contributed by atoms with Crippen molar-refractivity contribution in [1.29, 1.82) is 0 Å². The number of esters is 1. The van der Waals surface area contributed by atoms with Crippen LogP contribution in [0.3, 0.4) is 0 Å².